The van der Waals surface area contributed by atoms with Crippen molar-refractivity contribution in [1.29, 1.82) is 0 Å². The predicted octanol–water partition coefficient (Wildman–Crippen LogP) is 5.51. The summed E-state index contributed by atoms with van der Waals surface area (Å²) in [4.78, 5) is 26.5. The second kappa shape index (κ2) is 11.8. The molecular weight excluding hydrogens is 498 g/mol. The van der Waals surface area contributed by atoms with Crippen molar-refractivity contribution in [2.75, 3.05) is 16.2 Å². The van der Waals surface area contributed by atoms with E-state index in [4.69, 9.17) is 0 Å². The number of nitrogens with one attached hydrogen (secondary N) is 2. The molecule has 0 atom stereocenters. The van der Waals surface area contributed by atoms with Crippen LogP contribution < -0.4 is 14.9 Å². The number of hydrogen-bond acceptors (Lipinski definition) is 4. The molecule has 7 nitrogen and oxygen atoms in total. The maximum absolute atomic E-state index is 13.7. The number of hydrogen-bond donors (Lipinski definition) is 2. The first-order valence-corrected chi connectivity index (χ1v) is 14.5. The molecule has 200 valence electrons. The van der Waals surface area contributed by atoms with Crippen LogP contribution in [-0.4, -0.2) is 32.8 Å². The highest BCUT2D eigenvalue weighted by Crippen LogP contribution is 2.28. The lowest BCUT2D eigenvalue weighted by Gasteiger charge is -2.26. The van der Waals surface area contributed by atoms with Gasteiger partial charge in [0.1, 0.15) is 6.54 Å². The van der Waals surface area contributed by atoms with Gasteiger partial charge in [-0.25, -0.2) is 8.42 Å². The Hall–Kier alpha value is -3.65. The van der Waals surface area contributed by atoms with Crippen LogP contribution in [0.15, 0.2) is 71.6 Å². The van der Waals surface area contributed by atoms with Crippen molar-refractivity contribution in [3.8, 4) is 0 Å². The van der Waals surface area contributed by atoms with Gasteiger partial charge in [-0.1, -0.05) is 66.8 Å². The van der Waals surface area contributed by atoms with Crippen molar-refractivity contribution < 1.29 is 18.0 Å². The van der Waals surface area contributed by atoms with Gasteiger partial charge in [0.2, 0.25) is 5.91 Å². The first-order chi connectivity index (χ1) is 18.1. The maximum atomic E-state index is 13.7. The Labute approximate surface area is 225 Å². The lowest BCUT2D eigenvalue weighted by atomic mass is 9.95. The minimum atomic E-state index is -4.05. The number of carbonyl (C=O) groups is 2. The van der Waals surface area contributed by atoms with E-state index in [0.29, 0.717) is 16.9 Å². The molecular formula is C30H35N3O4S. The SMILES string of the molecule is Cc1ccc(S(=O)(=O)N(CC(=O)Nc2ccccc2C(=O)NC2CCCCC2)c2ccc(C)cc2C)cc1. The number of amides is 2. The third-order valence-corrected chi connectivity index (χ3v) is 8.68. The molecule has 0 saturated heterocycles. The van der Waals surface area contributed by atoms with Crippen molar-refractivity contribution in [3.05, 3.63) is 89.0 Å². The van der Waals surface area contributed by atoms with E-state index in [-0.39, 0.29) is 16.8 Å². The molecule has 0 aromatic heterocycles. The third-order valence-electron chi connectivity index (χ3n) is 6.90. The molecule has 3 aromatic carbocycles. The van der Waals surface area contributed by atoms with Crippen molar-refractivity contribution in [3.63, 3.8) is 0 Å². The van der Waals surface area contributed by atoms with E-state index in [2.05, 4.69) is 10.6 Å². The second-order valence-electron chi connectivity index (χ2n) is 10.0. The van der Waals surface area contributed by atoms with E-state index < -0.39 is 22.5 Å². The van der Waals surface area contributed by atoms with Crippen molar-refractivity contribution >= 4 is 33.2 Å². The number of benzene rings is 3. The average Bonchev–Trinajstić information content (AvgIpc) is 2.89. The minimum absolute atomic E-state index is 0.100. The Morgan fingerprint density at radius 1 is 0.868 bits per heavy atom. The lowest BCUT2D eigenvalue weighted by molar-refractivity contribution is -0.114. The van der Waals surface area contributed by atoms with E-state index in [1.807, 2.05) is 32.9 Å². The molecule has 2 N–H and O–H groups in total. The van der Waals surface area contributed by atoms with Gasteiger partial charge < -0.3 is 10.6 Å². The standard InChI is InChI=1S/C30H35N3O4S/c1-21-13-16-25(17-14-21)38(36,37)33(28-18-15-22(2)19-23(28)3)20-29(34)32-27-12-8-7-11-26(27)30(35)31-24-9-5-4-6-10-24/h7-8,11-19,24H,4-6,9-10,20H2,1-3H3,(H,31,35)(H,32,34). The highest BCUT2D eigenvalue weighted by molar-refractivity contribution is 7.92. The number of para-hydroxylation sites is 1. The predicted molar refractivity (Wildman–Crippen MR) is 151 cm³/mol. The van der Waals surface area contributed by atoms with Gasteiger partial charge in [-0.15, -0.1) is 0 Å². The van der Waals surface area contributed by atoms with Crippen LogP contribution in [0, 0.1) is 20.8 Å². The van der Waals surface area contributed by atoms with Crippen LogP contribution >= 0.6 is 0 Å². The summed E-state index contributed by atoms with van der Waals surface area (Å²) in [6.07, 6.45) is 5.26. The van der Waals surface area contributed by atoms with Crippen molar-refractivity contribution in [1.82, 2.24) is 5.32 Å². The highest BCUT2D eigenvalue weighted by Gasteiger charge is 2.29. The summed E-state index contributed by atoms with van der Waals surface area (Å²) in [6, 6.07) is 18.9. The molecule has 0 bridgehead atoms. The van der Waals surface area contributed by atoms with Gasteiger partial charge in [0.05, 0.1) is 21.8 Å². The van der Waals surface area contributed by atoms with Gasteiger partial charge in [-0.05, 0) is 69.5 Å². The van der Waals surface area contributed by atoms with Crippen LogP contribution in [-0.2, 0) is 14.8 Å². The Morgan fingerprint density at radius 2 is 1.53 bits per heavy atom. The maximum Gasteiger partial charge on any atom is 0.264 e. The summed E-state index contributed by atoms with van der Waals surface area (Å²) < 4.78 is 28.6. The number of nitrogens with zero attached hydrogens (tertiary/aromatic N) is 1. The Morgan fingerprint density at radius 3 is 2.21 bits per heavy atom. The summed E-state index contributed by atoms with van der Waals surface area (Å²) in [5, 5.41) is 5.87. The fourth-order valence-corrected chi connectivity index (χ4v) is 6.33. The van der Waals surface area contributed by atoms with Gasteiger partial charge >= 0.3 is 0 Å². The number of rotatable bonds is 8. The molecule has 1 aliphatic rings. The van der Waals surface area contributed by atoms with Crippen LogP contribution in [0.4, 0.5) is 11.4 Å². The normalized spacial score (nSPS) is 14.1. The van der Waals surface area contributed by atoms with E-state index in [0.717, 1.165) is 46.7 Å². The Balaban J connectivity index is 1.60. The van der Waals surface area contributed by atoms with E-state index >= 15 is 0 Å². The molecule has 0 heterocycles. The zero-order valence-corrected chi connectivity index (χ0v) is 23.0. The first kappa shape index (κ1) is 27.4. The minimum Gasteiger partial charge on any atom is -0.349 e. The summed E-state index contributed by atoms with van der Waals surface area (Å²) in [6.45, 7) is 5.19. The van der Waals surface area contributed by atoms with Gasteiger partial charge in [-0.2, -0.15) is 0 Å². The molecule has 3 aromatic rings. The van der Waals surface area contributed by atoms with Crippen LogP contribution in [0.1, 0.15) is 59.2 Å². The Kier molecular flexibility index (Phi) is 8.52. The Bertz CT molecular complexity index is 1410. The van der Waals surface area contributed by atoms with Gasteiger partial charge in [-0.3, -0.25) is 13.9 Å². The van der Waals surface area contributed by atoms with E-state index in [9.17, 15) is 18.0 Å². The number of carbonyl (C=O) groups excluding carboxylic acids is 2. The van der Waals surface area contributed by atoms with E-state index in [1.54, 1.807) is 54.6 Å². The molecule has 38 heavy (non-hydrogen) atoms. The van der Waals surface area contributed by atoms with Gasteiger partial charge in [0, 0.05) is 6.04 Å². The molecule has 8 heteroatoms. The van der Waals surface area contributed by atoms with Crippen LogP contribution in [0.25, 0.3) is 0 Å². The quantitative estimate of drug-likeness (QED) is 0.399. The third kappa shape index (κ3) is 6.42. The van der Waals surface area contributed by atoms with Crippen molar-refractivity contribution in [2.45, 2.75) is 63.8 Å². The molecule has 2 amide bonds. The van der Waals surface area contributed by atoms with Gasteiger partial charge in [0.15, 0.2) is 0 Å². The average molecular weight is 534 g/mol. The fraction of sp³-hybridized carbons (Fsp3) is 0.333. The van der Waals surface area contributed by atoms with Crippen LogP contribution in [0.2, 0.25) is 0 Å². The summed E-state index contributed by atoms with van der Waals surface area (Å²) in [7, 11) is -4.05. The van der Waals surface area contributed by atoms with Crippen molar-refractivity contribution in [2.24, 2.45) is 0 Å². The molecule has 1 aliphatic carbocycles. The fourth-order valence-electron chi connectivity index (χ4n) is 4.84. The molecule has 0 spiro atoms. The zero-order valence-electron chi connectivity index (χ0n) is 22.2. The second-order valence-corrected chi connectivity index (χ2v) is 11.9. The molecule has 0 aliphatic heterocycles. The van der Waals surface area contributed by atoms with Crippen LogP contribution in [0.5, 0.6) is 0 Å². The monoisotopic (exact) mass is 533 g/mol. The molecule has 0 radical (unpaired) electrons. The number of aryl methyl sites for hydroxylation is 3. The first-order valence-electron chi connectivity index (χ1n) is 13.0. The molecule has 1 fully saturated rings. The number of anilines is 2. The molecule has 1 saturated carbocycles. The van der Waals surface area contributed by atoms with Crippen LogP contribution in [0.3, 0.4) is 0 Å². The topological polar surface area (TPSA) is 95.6 Å². The highest BCUT2D eigenvalue weighted by atomic mass is 32.2. The molecule has 0 unspecified atom stereocenters. The summed E-state index contributed by atoms with van der Waals surface area (Å²) in [5.74, 6) is -0.787. The summed E-state index contributed by atoms with van der Waals surface area (Å²) >= 11 is 0. The van der Waals surface area contributed by atoms with E-state index in [1.165, 1.54) is 6.42 Å². The molecule has 4 rings (SSSR count). The smallest absolute Gasteiger partial charge is 0.264 e. The number of sulfonamides is 1. The summed E-state index contributed by atoms with van der Waals surface area (Å²) in [5.41, 5.74) is 3.78. The van der Waals surface area contributed by atoms with Gasteiger partial charge in [0.25, 0.3) is 15.9 Å². The largest absolute Gasteiger partial charge is 0.349 e. The lowest BCUT2D eigenvalue weighted by Crippen LogP contribution is -2.39. The zero-order chi connectivity index (χ0) is 27.3.